The molecule has 1 aromatic carbocycles. The molecule has 0 radical (unpaired) electrons. The summed E-state index contributed by atoms with van der Waals surface area (Å²) in [5, 5.41) is 13.2. The smallest absolute Gasteiger partial charge is 0.226 e. The summed E-state index contributed by atoms with van der Waals surface area (Å²) < 4.78 is 11.1. The van der Waals surface area contributed by atoms with E-state index < -0.39 is 0 Å². The number of aromatic nitrogens is 2. The van der Waals surface area contributed by atoms with E-state index in [0.29, 0.717) is 24.6 Å². The highest BCUT2D eigenvalue weighted by molar-refractivity contribution is 7.99. The van der Waals surface area contributed by atoms with Gasteiger partial charge < -0.3 is 14.4 Å². The van der Waals surface area contributed by atoms with Crippen LogP contribution in [0.1, 0.15) is 31.2 Å². The van der Waals surface area contributed by atoms with Crippen LogP contribution in [0.2, 0.25) is 0 Å². The van der Waals surface area contributed by atoms with E-state index in [4.69, 9.17) is 9.26 Å². The van der Waals surface area contributed by atoms with Gasteiger partial charge in [0.2, 0.25) is 11.7 Å². The van der Waals surface area contributed by atoms with Crippen LogP contribution in [-0.2, 0) is 6.42 Å². The Balaban J connectivity index is 1.69. The number of rotatable bonds is 4. The number of para-hydroxylation sites is 1. The predicted octanol–water partition coefficient (Wildman–Crippen LogP) is 2.61. The molecule has 0 saturated heterocycles. The normalized spacial score (nSPS) is 19.2. The van der Waals surface area contributed by atoms with Crippen LogP contribution >= 0.6 is 11.8 Å². The van der Waals surface area contributed by atoms with Gasteiger partial charge in [-0.1, -0.05) is 17.3 Å². The first-order chi connectivity index (χ1) is 9.72. The van der Waals surface area contributed by atoms with Gasteiger partial charge in [0.1, 0.15) is 5.75 Å². The van der Waals surface area contributed by atoms with Crippen molar-refractivity contribution in [1.82, 2.24) is 10.1 Å². The average molecular weight is 292 g/mol. The molecule has 2 unspecified atom stereocenters. The molecule has 1 aromatic heterocycles. The van der Waals surface area contributed by atoms with Crippen LogP contribution in [-0.4, -0.2) is 27.1 Å². The van der Waals surface area contributed by atoms with E-state index >= 15 is 0 Å². The van der Waals surface area contributed by atoms with Crippen LogP contribution in [0.5, 0.6) is 5.75 Å². The minimum atomic E-state index is -0.362. The minimum Gasteiger partial charge on any atom is -0.480 e. The Hall–Kier alpha value is -1.53. The number of hydrogen-bond acceptors (Lipinski definition) is 6. The SMILES string of the molecule is CC(O)CCc1nc(C2CSc3ccccc3O2)no1. The van der Waals surface area contributed by atoms with Crippen molar-refractivity contribution in [3.63, 3.8) is 0 Å². The quantitative estimate of drug-likeness (QED) is 0.934. The average Bonchev–Trinajstić information content (AvgIpc) is 2.93. The van der Waals surface area contributed by atoms with Gasteiger partial charge in [0.15, 0.2) is 6.10 Å². The highest BCUT2D eigenvalue weighted by Crippen LogP contribution is 2.39. The Labute approximate surface area is 121 Å². The lowest BCUT2D eigenvalue weighted by Gasteiger charge is -2.22. The lowest BCUT2D eigenvalue weighted by Crippen LogP contribution is -2.16. The maximum Gasteiger partial charge on any atom is 0.226 e. The molecule has 0 saturated carbocycles. The number of nitrogens with zero attached hydrogens (tertiary/aromatic N) is 2. The first kappa shape index (κ1) is 13.5. The summed E-state index contributed by atoms with van der Waals surface area (Å²) in [6, 6.07) is 7.94. The second-order valence-corrected chi connectivity index (χ2v) is 5.86. The summed E-state index contributed by atoms with van der Waals surface area (Å²) in [5.41, 5.74) is 0. The molecule has 6 heteroatoms. The van der Waals surface area contributed by atoms with Crippen LogP contribution in [0.4, 0.5) is 0 Å². The third-order valence-corrected chi connectivity index (χ3v) is 4.17. The Kier molecular flexibility index (Phi) is 3.93. The minimum absolute atomic E-state index is 0.182. The van der Waals surface area contributed by atoms with E-state index in [2.05, 4.69) is 10.1 Å². The number of aliphatic hydroxyl groups is 1. The maximum absolute atomic E-state index is 9.26. The van der Waals surface area contributed by atoms with Crippen molar-refractivity contribution in [1.29, 1.82) is 0 Å². The Bertz CT molecular complexity index is 585. The standard InChI is InChI=1S/C14H16N2O3S/c1-9(17)6-7-13-15-14(16-19-13)11-8-20-12-5-3-2-4-10(12)18-11/h2-5,9,11,17H,6-8H2,1H3. The van der Waals surface area contributed by atoms with Gasteiger partial charge >= 0.3 is 0 Å². The van der Waals surface area contributed by atoms with E-state index in [1.54, 1.807) is 18.7 Å². The number of thioether (sulfide) groups is 1. The first-order valence-corrected chi connectivity index (χ1v) is 7.60. The van der Waals surface area contributed by atoms with Gasteiger partial charge in [-0.15, -0.1) is 11.8 Å². The lowest BCUT2D eigenvalue weighted by molar-refractivity contribution is 0.180. The number of ether oxygens (including phenoxy) is 1. The molecule has 1 aliphatic rings. The first-order valence-electron chi connectivity index (χ1n) is 6.61. The molecular formula is C14H16N2O3S. The van der Waals surface area contributed by atoms with Crippen LogP contribution in [0.15, 0.2) is 33.7 Å². The fourth-order valence-electron chi connectivity index (χ4n) is 1.98. The lowest BCUT2D eigenvalue weighted by atomic mass is 10.2. The fraction of sp³-hybridized carbons (Fsp3) is 0.429. The third kappa shape index (κ3) is 2.96. The highest BCUT2D eigenvalue weighted by Gasteiger charge is 2.25. The molecular weight excluding hydrogens is 276 g/mol. The van der Waals surface area contributed by atoms with Crippen molar-refractivity contribution in [2.75, 3.05) is 5.75 Å². The van der Waals surface area contributed by atoms with Crippen molar-refractivity contribution in [3.05, 3.63) is 36.0 Å². The molecule has 0 spiro atoms. The summed E-state index contributed by atoms with van der Waals surface area (Å²) in [6.07, 6.45) is 0.656. The van der Waals surface area contributed by atoms with Gasteiger partial charge in [-0.2, -0.15) is 4.98 Å². The molecule has 1 N–H and O–H groups in total. The Morgan fingerprint density at radius 2 is 2.30 bits per heavy atom. The zero-order valence-electron chi connectivity index (χ0n) is 11.2. The number of aliphatic hydroxyl groups excluding tert-OH is 1. The topological polar surface area (TPSA) is 68.4 Å². The van der Waals surface area contributed by atoms with Crippen molar-refractivity contribution in [3.8, 4) is 5.75 Å². The van der Waals surface area contributed by atoms with E-state index in [1.807, 2.05) is 24.3 Å². The molecule has 0 bridgehead atoms. The van der Waals surface area contributed by atoms with Gasteiger partial charge in [-0.05, 0) is 25.5 Å². The predicted molar refractivity (Wildman–Crippen MR) is 74.8 cm³/mol. The maximum atomic E-state index is 9.26. The van der Waals surface area contributed by atoms with Crippen molar-refractivity contribution in [2.24, 2.45) is 0 Å². The molecule has 2 atom stereocenters. The molecule has 5 nitrogen and oxygen atoms in total. The van der Waals surface area contributed by atoms with Crippen LogP contribution < -0.4 is 4.74 Å². The molecule has 2 aromatic rings. The van der Waals surface area contributed by atoms with Crippen LogP contribution in [0, 0.1) is 0 Å². The van der Waals surface area contributed by atoms with E-state index in [-0.39, 0.29) is 12.2 Å². The van der Waals surface area contributed by atoms with Gasteiger partial charge in [0.05, 0.1) is 6.10 Å². The fourth-order valence-corrected chi connectivity index (χ4v) is 2.96. The second kappa shape index (κ2) is 5.85. The van der Waals surface area contributed by atoms with Gasteiger partial charge in [-0.25, -0.2) is 0 Å². The number of fused-ring (bicyclic) bond motifs is 1. The molecule has 0 aliphatic carbocycles. The highest BCUT2D eigenvalue weighted by atomic mass is 32.2. The zero-order chi connectivity index (χ0) is 13.9. The molecule has 2 heterocycles. The summed E-state index contributed by atoms with van der Waals surface area (Å²) >= 11 is 1.73. The largest absolute Gasteiger partial charge is 0.480 e. The Morgan fingerprint density at radius 3 is 3.15 bits per heavy atom. The number of aryl methyl sites for hydroxylation is 1. The van der Waals surface area contributed by atoms with Gasteiger partial charge in [-0.3, -0.25) is 0 Å². The summed E-state index contributed by atoms with van der Waals surface area (Å²) in [6.45, 7) is 1.75. The van der Waals surface area contributed by atoms with Gasteiger partial charge in [0.25, 0.3) is 0 Å². The van der Waals surface area contributed by atoms with Crippen LogP contribution in [0.25, 0.3) is 0 Å². The number of benzene rings is 1. The molecule has 0 fully saturated rings. The van der Waals surface area contributed by atoms with Gasteiger partial charge in [0, 0.05) is 17.1 Å². The Morgan fingerprint density at radius 1 is 1.45 bits per heavy atom. The van der Waals surface area contributed by atoms with Crippen molar-refractivity contribution >= 4 is 11.8 Å². The molecule has 0 amide bonds. The molecule has 106 valence electrons. The summed E-state index contributed by atoms with van der Waals surface area (Å²) in [5.74, 6) is 2.76. The molecule has 20 heavy (non-hydrogen) atoms. The van der Waals surface area contributed by atoms with Crippen LogP contribution in [0.3, 0.4) is 0 Å². The van der Waals surface area contributed by atoms with Crippen molar-refractivity contribution < 1.29 is 14.4 Å². The summed E-state index contributed by atoms with van der Waals surface area (Å²) in [7, 11) is 0. The molecule has 1 aliphatic heterocycles. The van der Waals surface area contributed by atoms with E-state index in [1.165, 1.54) is 0 Å². The third-order valence-electron chi connectivity index (χ3n) is 3.06. The summed E-state index contributed by atoms with van der Waals surface area (Å²) in [4.78, 5) is 5.49. The number of hydrogen-bond donors (Lipinski definition) is 1. The zero-order valence-corrected chi connectivity index (χ0v) is 12.0. The van der Waals surface area contributed by atoms with E-state index in [9.17, 15) is 5.11 Å². The van der Waals surface area contributed by atoms with Crippen molar-refractivity contribution in [2.45, 2.75) is 36.9 Å². The molecule has 3 rings (SSSR count). The monoisotopic (exact) mass is 292 g/mol. The second-order valence-electron chi connectivity index (χ2n) is 4.80. The van der Waals surface area contributed by atoms with E-state index in [0.717, 1.165) is 16.4 Å².